The van der Waals surface area contributed by atoms with Gasteiger partial charge in [0.25, 0.3) is 5.91 Å². The van der Waals surface area contributed by atoms with Gasteiger partial charge in [-0.05, 0) is 49.9 Å². The number of nitrogens with one attached hydrogen (secondary N) is 1. The first-order valence-corrected chi connectivity index (χ1v) is 9.80. The van der Waals surface area contributed by atoms with Gasteiger partial charge in [-0.3, -0.25) is 14.4 Å². The first kappa shape index (κ1) is 20.0. The normalized spacial score (nSPS) is 13.2. The molecule has 2 aromatic rings. The molecule has 3 amide bonds. The van der Waals surface area contributed by atoms with E-state index in [9.17, 15) is 18.8 Å². The number of halogens is 1. The number of hydrogen-bond donors (Lipinski definition) is 2. The maximum Gasteiger partial charge on any atom is 0.251 e. The van der Waals surface area contributed by atoms with Crippen molar-refractivity contribution < 1.29 is 18.8 Å². The predicted molar refractivity (Wildman–Crippen MR) is 105 cm³/mol. The molecule has 1 fully saturated rings. The van der Waals surface area contributed by atoms with Crippen LogP contribution in [-0.4, -0.2) is 29.2 Å². The van der Waals surface area contributed by atoms with Crippen molar-refractivity contribution in [2.24, 2.45) is 11.7 Å². The first-order chi connectivity index (χ1) is 13.3. The standard InChI is InChI=1S/C20H22FN3O3S/c1-11-12(2)28-19(17(11)18(22)26)23-16(25)10-24(20(27)14-5-6-14)9-13-3-7-15(21)8-4-13/h3-4,7-8,14H,5-6,9-10H2,1-2H3,(H2,22,26)(H,23,25). The second kappa shape index (κ2) is 8.10. The number of benzene rings is 1. The number of thiophene rings is 1. The number of hydrogen-bond acceptors (Lipinski definition) is 4. The van der Waals surface area contributed by atoms with Crippen LogP contribution in [0.4, 0.5) is 9.39 Å². The molecule has 0 atom stereocenters. The second-order valence-electron chi connectivity index (χ2n) is 6.99. The van der Waals surface area contributed by atoms with Gasteiger partial charge in [0.05, 0.1) is 5.56 Å². The van der Waals surface area contributed by atoms with Crippen molar-refractivity contribution >= 4 is 34.1 Å². The van der Waals surface area contributed by atoms with Crippen LogP contribution >= 0.6 is 11.3 Å². The summed E-state index contributed by atoms with van der Waals surface area (Å²) in [4.78, 5) is 39.3. The molecular weight excluding hydrogens is 381 g/mol. The quantitative estimate of drug-likeness (QED) is 0.744. The van der Waals surface area contributed by atoms with E-state index in [1.54, 1.807) is 19.1 Å². The Morgan fingerprint density at radius 1 is 1.21 bits per heavy atom. The van der Waals surface area contributed by atoms with E-state index in [2.05, 4.69) is 5.32 Å². The SMILES string of the molecule is Cc1sc(NC(=O)CN(Cc2ccc(F)cc2)C(=O)C2CC2)c(C(N)=O)c1C. The van der Waals surface area contributed by atoms with Crippen molar-refractivity contribution in [1.82, 2.24) is 4.90 Å². The number of nitrogens with two attached hydrogens (primary N) is 1. The van der Waals surface area contributed by atoms with Gasteiger partial charge < -0.3 is 16.0 Å². The number of carbonyl (C=O) groups excluding carboxylic acids is 3. The maximum atomic E-state index is 13.1. The van der Waals surface area contributed by atoms with Crippen LogP contribution in [0.2, 0.25) is 0 Å². The number of nitrogens with zero attached hydrogens (tertiary/aromatic N) is 1. The highest BCUT2D eigenvalue weighted by Crippen LogP contribution is 2.33. The molecule has 8 heteroatoms. The Bertz CT molecular complexity index is 920. The maximum absolute atomic E-state index is 13.1. The summed E-state index contributed by atoms with van der Waals surface area (Å²) < 4.78 is 13.1. The van der Waals surface area contributed by atoms with E-state index in [0.717, 1.165) is 28.8 Å². The van der Waals surface area contributed by atoms with Gasteiger partial charge in [-0.25, -0.2) is 4.39 Å². The molecule has 1 aromatic carbocycles. The Balaban J connectivity index is 1.74. The molecule has 1 saturated carbocycles. The van der Waals surface area contributed by atoms with Gasteiger partial charge in [0, 0.05) is 17.3 Å². The second-order valence-corrected chi connectivity index (χ2v) is 8.22. The molecule has 3 rings (SSSR count). The Morgan fingerprint density at radius 2 is 1.86 bits per heavy atom. The van der Waals surface area contributed by atoms with Crippen LogP contribution in [0.15, 0.2) is 24.3 Å². The fraction of sp³-hybridized carbons (Fsp3) is 0.350. The summed E-state index contributed by atoms with van der Waals surface area (Å²) in [5, 5.41) is 3.11. The van der Waals surface area contributed by atoms with Crippen LogP contribution in [-0.2, 0) is 16.1 Å². The lowest BCUT2D eigenvalue weighted by atomic mass is 10.1. The van der Waals surface area contributed by atoms with Crippen molar-refractivity contribution in [1.29, 1.82) is 0 Å². The molecule has 1 heterocycles. The zero-order valence-electron chi connectivity index (χ0n) is 15.8. The molecule has 1 aliphatic rings. The number of rotatable bonds is 7. The average Bonchev–Trinajstić information content (AvgIpc) is 3.43. The fourth-order valence-corrected chi connectivity index (χ4v) is 4.04. The summed E-state index contributed by atoms with van der Waals surface area (Å²) in [5.41, 5.74) is 7.22. The van der Waals surface area contributed by atoms with E-state index in [4.69, 9.17) is 5.73 Å². The third-order valence-electron chi connectivity index (χ3n) is 4.74. The fourth-order valence-electron chi connectivity index (χ4n) is 2.96. The summed E-state index contributed by atoms with van der Waals surface area (Å²) in [6.07, 6.45) is 1.63. The van der Waals surface area contributed by atoms with Crippen LogP contribution in [0.1, 0.15) is 39.2 Å². The Morgan fingerprint density at radius 3 is 2.43 bits per heavy atom. The molecule has 0 aliphatic heterocycles. The van der Waals surface area contributed by atoms with Gasteiger partial charge >= 0.3 is 0 Å². The molecule has 148 valence electrons. The van der Waals surface area contributed by atoms with Crippen LogP contribution in [0.3, 0.4) is 0 Å². The lowest BCUT2D eigenvalue weighted by Crippen LogP contribution is -2.38. The summed E-state index contributed by atoms with van der Waals surface area (Å²) in [6, 6.07) is 5.84. The van der Waals surface area contributed by atoms with E-state index in [1.165, 1.54) is 28.4 Å². The molecule has 3 N–H and O–H groups in total. The van der Waals surface area contributed by atoms with Crippen LogP contribution < -0.4 is 11.1 Å². The lowest BCUT2D eigenvalue weighted by molar-refractivity contribution is -0.136. The molecule has 1 aliphatic carbocycles. The first-order valence-electron chi connectivity index (χ1n) is 8.99. The Kier molecular flexibility index (Phi) is 5.79. The van der Waals surface area contributed by atoms with E-state index < -0.39 is 11.8 Å². The van der Waals surface area contributed by atoms with Crippen molar-refractivity contribution in [2.75, 3.05) is 11.9 Å². The largest absolute Gasteiger partial charge is 0.365 e. The van der Waals surface area contributed by atoms with Gasteiger partial charge in [0.15, 0.2) is 0 Å². The zero-order valence-corrected chi connectivity index (χ0v) is 16.6. The van der Waals surface area contributed by atoms with E-state index >= 15 is 0 Å². The van der Waals surface area contributed by atoms with Crippen LogP contribution in [0.25, 0.3) is 0 Å². The predicted octanol–water partition coefficient (Wildman–Crippen LogP) is 2.98. The molecule has 0 saturated heterocycles. The van der Waals surface area contributed by atoms with E-state index in [1.807, 2.05) is 6.92 Å². The highest BCUT2D eigenvalue weighted by atomic mass is 32.1. The van der Waals surface area contributed by atoms with E-state index in [0.29, 0.717) is 10.6 Å². The summed E-state index contributed by atoms with van der Waals surface area (Å²) >= 11 is 1.28. The van der Waals surface area contributed by atoms with Crippen molar-refractivity contribution in [3.05, 3.63) is 51.7 Å². The van der Waals surface area contributed by atoms with Crippen LogP contribution in [0, 0.1) is 25.6 Å². The molecular formula is C20H22FN3O3S. The molecule has 1 aromatic heterocycles. The van der Waals surface area contributed by atoms with Gasteiger partial charge in [-0.2, -0.15) is 0 Å². The highest BCUT2D eigenvalue weighted by Gasteiger charge is 2.34. The number of carbonyl (C=O) groups is 3. The minimum Gasteiger partial charge on any atom is -0.365 e. The minimum atomic E-state index is -0.602. The molecule has 28 heavy (non-hydrogen) atoms. The topological polar surface area (TPSA) is 92.5 Å². The minimum absolute atomic E-state index is 0.0549. The third-order valence-corrected chi connectivity index (χ3v) is 5.87. The number of primary amides is 1. The summed E-state index contributed by atoms with van der Waals surface area (Å²) in [5.74, 6) is -1.51. The highest BCUT2D eigenvalue weighted by molar-refractivity contribution is 7.16. The molecule has 0 bridgehead atoms. The Labute approximate surface area is 166 Å². The van der Waals surface area contributed by atoms with Gasteiger partial charge in [-0.15, -0.1) is 11.3 Å². The molecule has 0 spiro atoms. The summed E-state index contributed by atoms with van der Waals surface area (Å²) in [7, 11) is 0. The van der Waals surface area contributed by atoms with Crippen molar-refractivity contribution in [3.8, 4) is 0 Å². The average molecular weight is 403 g/mol. The lowest BCUT2D eigenvalue weighted by Gasteiger charge is -2.22. The smallest absolute Gasteiger partial charge is 0.251 e. The number of anilines is 1. The summed E-state index contributed by atoms with van der Waals surface area (Å²) in [6.45, 7) is 3.69. The van der Waals surface area contributed by atoms with E-state index in [-0.39, 0.29) is 30.7 Å². The monoisotopic (exact) mass is 403 g/mol. The number of aryl methyl sites for hydroxylation is 1. The molecule has 6 nitrogen and oxygen atoms in total. The van der Waals surface area contributed by atoms with Gasteiger partial charge in [-0.1, -0.05) is 12.1 Å². The molecule has 0 unspecified atom stereocenters. The Hall–Kier alpha value is -2.74. The molecule has 0 radical (unpaired) electrons. The van der Waals surface area contributed by atoms with Crippen molar-refractivity contribution in [3.63, 3.8) is 0 Å². The zero-order chi connectivity index (χ0) is 20.4. The van der Waals surface area contributed by atoms with Crippen LogP contribution in [0.5, 0.6) is 0 Å². The van der Waals surface area contributed by atoms with Gasteiger partial charge in [0.2, 0.25) is 11.8 Å². The van der Waals surface area contributed by atoms with Gasteiger partial charge in [0.1, 0.15) is 17.4 Å². The third kappa shape index (κ3) is 4.56. The number of amides is 3. The van der Waals surface area contributed by atoms with Crippen molar-refractivity contribution in [2.45, 2.75) is 33.2 Å².